The molecule has 0 spiro atoms. The Bertz CT molecular complexity index is 353. The van der Waals surface area contributed by atoms with Crippen LogP contribution >= 0.6 is 11.8 Å². The van der Waals surface area contributed by atoms with Crippen LogP contribution < -0.4 is 5.32 Å². The van der Waals surface area contributed by atoms with Crippen molar-refractivity contribution in [2.75, 3.05) is 32.1 Å². The lowest BCUT2D eigenvalue weighted by molar-refractivity contribution is 0.217. The molecule has 0 saturated carbocycles. The first-order valence-electron chi connectivity index (χ1n) is 6.00. The van der Waals surface area contributed by atoms with Gasteiger partial charge < -0.3 is 10.2 Å². The smallest absolute Gasteiger partial charge is 0.138 e. The molecular weight excluding hydrogens is 234 g/mol. The van der Waals surface area contributed by atoms with E-state index in [0.29, 0.717) is 12.1 Å². The van der Waals surface area contributed by atoms with E-state index in [1.165, 1.54) is 18.1 Å². The minimum Gasteiger partial charge on any atom is -0.315 e. The maximum atomic E-state index is 4.31. The van der Waals surface area contributed by atoms with Crippen LogP contribution in [-0.2, 0) is 13.5 Å². The molecule has 2 heterocycles. The van der Waals surface area contributed by atoms with Gasteiger partial charge in [0, 0.05) is 43.6 Å². The molecular formula is C11H21N5S. The summed E-state index contributed by atoms with van der Waals surface area (Å²) in [5.74, 6) is 3.49. The molecule has 6 heteroatoms. The van der Waals surface area contributed by atoms with E-state index in [2.05, 4.69) is 27.3 Å². The van der Waals surface area contributed by atoms with Gasteiger partial charge in [0.05, 0.1) is 0 Å². The van der Waals surface area contributed by atoms with Crippen LogP contribution in [0, 0.1) is 0 Å². The standard InChI is InChI=1S/C11H21N5S/c1-12-9(6-11-13-8-14-16(11)3)10-7-17-5-4-15(10)2/h8-10,12H,4-7H2,1-3H3. The number of hydrogen-bond acceptors (Lipinski definition) is 5. The Hall–Kier alpha value is -0.590. The molecule has 0 amide bonds. The van der Waals surface area contributed by atoms with E-state index in [-0.39, 0.29) is 0 Å². The Kier molecular flexibility index (Phi) is 4.42. The van der Waals surface area contributed by atoms with E-state index in [0.717, 1.165) is 12.2 Å². The molecule has 2 unspecified atom stereocenters. The Morgan fingerprint density at radius 2 is 2.41 bits per heavy atom. The monoisotopic (exact) mass is 255 g/mol. The van der Waals surface area contributed by atoms with Gasteiger partial charge in [-0.3, -0.25) is 4.68 Å². The second-order valence-corrected chi connectivity index (χ2v) is 5.67. The number of nitrogens with one attached hydrogen (secondary N) is 1. The summed E-state index contributed by atoms with van der Waals surface area (Å²) < 4.78 is 1.86. The lowest BCUT2D eigenvalue weighted by Gasteiger charge is -2.37. The Morgan fingerprint density at radius 1 is 1.59 bits per heavy atom. The Labute approximate surface area is 107 Å². The molecule has 0 radical (unpaired) electrons. The van der Waals surface area contributed by atoms with E-state index in [1.54, 1.807) is 6.33 Å². The number of aryl methyl sites for hydroxylation is 1. The van der Waals surface area contributed by atoms with Crippen LogP contribution in [0.5, 0.6) is 0 Å². The fraction of sp³-hybridized carbons (Fsp3) is 0.818. The molecule has 0 aromatic carbocycles. The first-order valence-corrected chi connectivity index (χ1v) is 7.16. The molecule has 1 aliphatic heterocycles. The van der Waals surface area contributed by atoms with E-state index in [9.17, 15) is 0 Å². The van der Waals surface area contributed by atoms with Crippen LogP contribution in [0.1, 0.15) is 5.82 Å². The summed E-state index contributed by atoms with van der Waals surface area (Å²) in [7, 11) is 6.20. The highest BCUT2D eigenvalue weighted by Gasteiger charge is 2.27. The quantitative estimate of drug-likeness (QED) is 0.820. The maximum absolute atomic E-state index is 4.31. The molecule has 0 aliphatic carbocycles. The van der Waals surface area contributed by atoms with Gasteiger partial charge in [0.2, 0.25) is 0 Å². The summed E-state index contributed by atoms with van der Waals surface area (Å²) in [6.45, 7) is 1.17. The molecule has 1 saturated heterocycles. The molecule has 17 heavy (non-hydrogen) atoms. The van der Waals surface area contributed by atoms with Crippen molar-refractivity contribution in [3.8, 4) is 0 Å². The summed E-state index contributed by atoms with van der Waals surface area (Å²) >= 11 is 2.04. The lowest BCUT2D eigenvalue weighted by Crippen LogP contribution is -2.53. The first kappa shape index (κ1) is 12.9. The minimum absolute atomic E-state index is 0.440. The number of likely N-dealkylation sites (N-methyl/N-ethyl adjacent to an activating group) is 2. The molecule has 1 N–H and O–H groups in total. The number of hydrogen-bond donors (Lipinski definition) is 1. The zero-order valence-electron chi connectivity index (χ0n) is 10.8. The summed E-state index contributed by atoms with van der Waals surface area (Å²) in [6, 6.07) is 1.02. The van der Waals surface area contributed by atoms with Gasteiger partial charge in [-0.05, 0) is 14.1 Å². The van der Waals surface area contributed by atoms with Crippen molar-refractivity contribution < 1.29 is 0 Å². The maximum Gasteiger partial charge on any atom is 0.138 e. The molecule has 2 atom stereocenters. The fourth-order valence-corrected chi connectivity index (χ4v) is 3.57. The van der Waals surface area contributed by atoms with Gasteiger partial charge in [-0.15, -0.1) is 0 Å². The summed E-state index contributed by atoms with van der Waals surface area (Å²) in [5, 5.41) is 7.56. The Balaban J connectivity index is 2.03. The highest BCUT2D eigenvalue weighted by molar-refractivity contribution is 7.99. The fourth-order valence-electron chi connectivity index (χ4n) is 2.26. The molecule has 5 nitrogen and oxygen atoms in total. The van der Waals surface area contributed by atoms with Crippen molar-refractivity contribution in [2.24, 2.45) is 7.05 Å². The second-order valence-electron chi connectivity index (χ2n) is 4.52. The first-order chi connectivity index (χ1) is 8.22. The number of rotatable bonds is 4. The number of thioether (sulfide) groups is 1. The average Bonchev–Trinajstić information content (AvgIpc) is 2.73. The molecule has 1 aliphatic rings. The predicted molar refractivity (Wildman–Crippen MR) is 71.3 cm³/mol. The molecule has 1 aromatic heterocycles. The minimum atomic E-state index is 0.440. The van der Waals surface area contributed by atoms with Crippen LogP contribution in [-0.4, -0.2) is 63.9 Å². The molecule has 96 valence electrons. The van der Waals surface area contributed by atoms with Gasteiger partial charge >= 0.3 is 0 Å². The van der Waals surface area contributed by atoms with Crippen LogP contribution in [0.15, 0.2) is 6.33 Å². The normalized spacial score (nSPS) is 23.8. The summed E-state index contributed by atoms with van der Waals surface area (Å²) in [5.41, 5.74) is 0. The predicted octanol–water partition coefficient (Wildman–Crippen LogP) is -0.00720. The van der Waals surface area contributed by atoms with Gasteiger partial charge in [-0.1, -0.05) is 0 Å². The third-order valence-corrected chi connectivity index (χ3v) is 4.53. The van der Waals surface area contributed by atoms with Crippen LogP contribution in [0.25, 0.3) is 0 Å². The van der Waals surface area contributed by atoms with Crippen molar-refractivity contribution in [3.63, 3.8) is 0 Å². The number of nitrogens with zero attached hydrogens (tertiary/aromatic N) is 4. The van der Waals surface area contributed by atoms with Crippen molar-refractivity contribution >= 4 is 11.8 Å². The molecule has 1 aromatic rings. The topological polar surface area (TPSA) is 46.0 Å². The van der Waals surface area contributed by atoms with Crippen molar-refractivity contribution in [2.45, 2.75) is 18.5 Å². The molecule has 1 fully saturated rings. The van der Waals surface area contributed by atoms with Gasteiger partial charge in [0.15, 0.2) is 0 Å². The molecule has 2 rings (SSSR count). The van der Waals surface area contributed by atoms with Crippen molar-refractivity contribution in [3.05, 3.63) is 12.2 Å². The highest BCUT2D eigenvalue weighted by atomic mass is 32.2. The zero-order valence-corrected chi connectivity index (χ0v) is 11.6. The van der Waals surface area contributed by atoms with E-state index >= 15 is 0 Å². The Morgan fingerprint density at radius 3 is 3.00 bits per heavy atom. The summed E-state index contributed by atoms with van der Waals surface area (Å²) in [6.07, 6.45) is 2.56. The number of aromatic nitrogens is 3. The highest BCUT2D eigenvalue weighted by Crippen LogP contribution is 2.18. The van der Waals surface area contributed by atoms with Gasteiger partial charge in [0.1, 0.15) is 12.2 Å². The van der Waals surface area contributed by atoms with E-state index in [4.69, 9.17) is 0 Å². The van der Waals surface area contributed by atoms with E-state index in [1.807, 2.05) is 30.5 Å². The van der Waals surface area contributed by atoms with Crippen LogP contribution in [0.3, 0.4) is 0 Å². The van der Waals surface area contributed by atoms with Crippen LogP contribution in [0.4, 0.5) is 0 Å². The van der Waals surface area contributed by atoms with Crippen LogP contribution in [0.2, 0.25) is 0 Å². The van der Waals surface area contributed by atoms with Gasteiger partial charge in [-0.2, -0.15) is 16.9 Å². The SMILES string of the molecule is CNC(Cc1ncnn1C)C1CSCCN1C. The largest absolute Gasteiger partial charge is 0.315 e. The zero-order chi connectivity index (χ0) is 12.3. The van der Waals surface area contributed by atoms with Crippen molar-refractivity contribution in [1.82, 2.24) is 25.0 Å². The molecule has 0 bridgehead atoms. The third kappa shape index (κ3) is 3.00. The third-order valence-electron chi connectivity index (χ3n) is 3.49. The van der Waals surface area contributed by atoms with Gasteiger partial charge in [-0.25, -0.2) is 4.98 Å². The summed E-state index contributed by atoms with van der Waals surface area (Å²) in [4.78, 5) is 6.76. The average molecular weight is 255 g/mol. The second kappa shape index (κ2) is 5.84. The lowest BCUT2D eigenvalue weighted by atomic mass is 10.0. The van der Waals surface area contributed by atoms with E-state index < -0.39 is 0 Å². The van der Waals surface area contributed by atoms with Crippen molar-refractivity contribution in [1.29, 1.82) is 0 Å². The van der Waals surface area contributed by atoms with Gasteiger partial charge in [0.25, 0.3) is 0 Å².